The third-order valence-corrected chi connectivity index (χ3v) is 2.68. The number of benzene rings is 1. The standard InChI is InChI=1S/C14H18N2/c1-11(2)9-16-10-12(8-15-3)13-6-4-5-7-14(13)16/h4-7,10,15H,1,8-9H2,2-3H3. The Morgan fingerprint density at radius 3 is 2.81 bits per heavy atom. The molecule has 0 amide bonds. The average Bonchev–Trinajstić information content (AvgIpc) is 2.58. The first-order valence-corrected chi connectivity index (χ1v) is 5.58. The maximum absolute atomic E-state index is 3.98. The third kappa shape index (κ3) is 2.02. The van der Waals surface area contributed by atoms with Crippen LogP contribution in [0.4, 0.5) is 0 Å². The largest absolute Gasteiger partial charge is 0.343 e. The molecule has 2 nitrogen and oxygen atoms in total. The summed E-state index contributed by atoms with van der Waals surface area (Å²) in [5.41, 5.74) is 3.81. The van der Waals surface area contributed by atoms with Crippen molar-refractivity contribution in [3.63, 3.8) is 0 Å². The minimum atomic E-state index is 0.893. The number of nitrogens with zero attached hydrogens (tertiary/aromatic N) is 1. The summed E-state index contributed by atoms with van der Waals surface area (Å²) in [6.07, 6.45) is 2.22. The van der Waals surface area contributed by atoms with Crippen molar-refractivity contribution in [1.82, 2.24) is 9.88 Å². The van der Waals surface area contributed by atoms with Crippen LogP contribution in [0.15, 0.2) is 42.6 Å². The van der Waals surface area contributed by atoms with Crippen molar-refractivity contribution in [3.05, 3.63) is 48.2 Å². The summed E-state index contributed by atoms with van der Waals surface area (Å²) in [6.45, 7) is 7.84. The highest BCUT2D eigenvalue weighted by atomic mass is 15.0. The molecule has 84 valence electrons. The molecule has 0 unspecified atom stereocenters. The summed E-state index contributed by atoms with van der Waals surface area (Å²) in [7, 11) is 1.98. The van der Waals surface area contributed by atoms with Crippen LogP contribution in [-0.2, 0) is 13.1 Å². The van der Waals surface area contributed by atoms with Crippen LogP contribution >= 0.6 is 0 Å². The molecule has 2 aromatic rings. The minimum Gasteiger partial charge on any atom is -0.343 e. The molecular formula is C14H18N2. The molecule has 1 aromatic heterocycles. The van der Waals surface area contributed by atoms with Gasteiger partial charge < -0.3 is 9.88 Å². The van der Waals surface area contributed by atoms with E-state index in [0.29, 0.717) is 0 Å². The summed E-state index contributed by atoms with van der Waals surface area (Å²) < 4.78 is 2.27. The molecule has 0 spiro atoms. The summed E-state index contributed by atoms with van der Waals surface area (Å²) in [5, 5.41) is 4.54. The van der Waals surface area contributed by atoms with Crippen LogP contribution in [0.25, 0.3) is 10.9 Å². The molecule has 0 atom stereocenters. The van der Waals surface area contributed by atoms with E-state index in [0.717, 1.165) is 13.1 Å². The summed E-state index contributed by atoms with van der Waals surface area (Å²) in [6, 6.07) is 8.52. The lowest BCUT2D eigenvalue weighted by Crippen LogP contribution is -2.04. The average molecular weight is 214 g/mol. The Morgan fingerprint density at radius 2 is 2.12 bits per heavy atom. The van der Waals surface area contributed by atoms with Crippen molar-refractivity contribution >= 4 is 10.9 Å². The molecular weight excluding hydrogens is 196 g/mol. The quantitative estimate of drug-likeness (QED) is 0.774. The van der Waals surface area contributed by atoms with Crippen molar-refractivity contribution < 1.29 is 0 Å². The van der Waals surface area contributed by atoms with Gasteiger partial charge in [-0.05, 0) is 25.6 Å². The molecule has 1 heterocycles. The van der Waals surface area contributed by atoms with Gasteiger partial charge in [0.2, 0.25) is 0 Å². The molecule has 1 aromatic carbocycles. The topological polar surface area (TPSA) is 17.0 Å². The van der Waals surface area contributed by atoms with E-state index in [9.17, 15) is 0 Å². The Kier molecular flexibility index (Phi) is 3.11. The number of hydrogen-bond acceptors (Lipinski definition) is 1. The zero-order chi connectivity index (χ0) is 11.5. The fourth-order valence-corrected chi connectivity index (χ4v) is 2.08. The fourth-order valence-electron chi connectivity index (χ4n) is 2.08. The molecule has 0 aliphatic heterocycles. The van der Waals surface area contributed by atoms with E-state index in [2.05, 4.69) is 53.8 Å². The van der Waals surface area contributed by atoms with Crippen LogP contribution in [-0.4, -0.2) is 11.6 Å². The van der Waals surface area contributed by atoms with E-state index in [1.54, 1.807) is 0 Å². The van der Waals surface area contributed by atoms with Crippen LogP contribution in [0.3, 0.4) is 0 Å². The molecule has 0 saturated carbocycles. The number of aromatic nitrogens is 1. The minimum absolute atomic E-state index is 0.893. The second kappa shape index (κ2) is 4.54. The first kappa shape index (κ1) is 11.0. The number of rotatable bonds is 4. The lowest BCUT2D eigenvalue weighted by molar-refractivity contribution is 0.789. The van der Waals surface area contributed by atoms with Crippen LogP contribution in [0.5, 0.6) is 0 Å². The first-order valence-electron chi connectivity index (χ1n) is 5.58. The molecule has 0 saturated heterocycles. The molecule has 0 aliphatic carbocycles. The summed E-state index contributed by atoms with van der Waals surface area (Å²) in [5.74, 6) is 0. The van der Waals surface area contributed by atoms with E-state index in [-0.39, 0.29) is 0 Å². The maximum Gasteiger partial charge on any atom is 0.0486 e. The molecule has 0 radical (unpaired) electrons. The van der Waals surface area contributed by atoms with Gasteiger partial charge in [-0.2, -0.15) is 0 Å². The number of allylic oxidation sites excluding steroid dienone is 1. The maximum atomic E-state index is 3.98. The number of para-hydroxylation sites is 1. The molecule has 0 bridgehead atoms. The molecule has 0 aliphatic rings. The Morgan fingerprint density at radius 1 is 1.38 bits per heavy atom. The van der Waals surface area contributed by atoms with Gasteiger partial charge in [-0.15, -0.1) is 0 Å². The summed E-state index contributed by atoms with van der Waals surface area (Å²) >= 11 is 0. The van der Waals surface area contributed by atoms with Crippen molar-refractivity contribution in [2.24, 2.45) is 0 Å². The SMILES string of the molecule is C=C(C)Cn1cc(CNC)c2ccccc21. The Hall–Kier alpha value is -1.54. The lowest BCUT2D eigenvalue weighted by atomic mass is 10.2. The van der Waals surface area contributed by atoms with E-state index < -0.39 is 0 Å². The highest BCUT2D eigenvalue weighted by molar-refractivity contribution is 5.84. The fraction of sp³-hybridized carbons (Fsp3) is 0.286. The smallest absolute Gasteiger partial charge is 0.0486 e. The zero-order valence-electron chi connectivity index (χ0n) is 9.96. The second-order valence-electron chi connectivity index (χ2n) is 4.29. The predicted octanol–water partition coefficient (Wildman–Crippen LogP) is 2.94. The Balaban J connectivity index is 2.52. The molecule has 2 heteroatoms. The van der Waals surface area contributed by atoms with Gasteiger partial charge in [0.25, 0.3) is 0 Å². The number of fused-ring (bicyclic) bond motifs is 1. The lowest BCUT2D eigenvalue weighted by Gasteiger charge is -2.03. The van der Waals surface area contributed by atoms with Crippen molar-refractivity contribution in [1.29, 1.82) is 0 Å². The summed E-state index contributed by atoms with van der Waals surface area (Å²) in [4.78, 5) is 0. The molecule has 2 rings (SSSR count). The number of nitrogens with one attached hydrogen (secondary N) is 1. The second-order valence-corrected chi connectivity index (χ2v) is 4.29. The highest BCUT2D eigenvalue weighted by Crippen LogP contribution is 2.21. The molecule has 16 heavy (non-hydrogen) atoms. The highest BCUT2D eigenvalue weighted by Gasteiger charge is 2.06. The van der Waals surface area contributed by atoms with Gasteiger partial charge in [0.1, 0.15) is 0 Å². The van der Waals surface area contributed by atoms with Crippen molar-refractivity contribution in [3.8, 4) is 0 Å². The van der Waals surface area contributed by atoms with E-state index in [1.807, 2.05) is 7.05 Å². The normalized spacial score (nSPS) is 10.9. The van der Waals surface area contributed by atoms with Crippen molar-refractivity contribution in [2.75, 3.05) is 7.05 Å². The van der Waals surface area contributed by atoms with Crippen LogP contribution < -0.4 is 5.32 Å². The van der Waals surface area contributed by atoms with Gasteiger partial charge in [0.05, 0.1) is 0 Å². The zero-order valence-corrected chi connectivity index (χ0v) is 9.96. The van der Waals surface area contributed by atoms with Crippen LogP contribution in [0.2, 0.25) is 0 Å². The van der Waals surface area contributed by atoms with E-state index >= 15 is 0 Å². The monoisotopic (exact) mass is 214 g/mol. The predicted molar refractivity (Wildman–Crippen MR) is 69.5 cm³/mol. The van der Waals surface area contributed by atoms with Gasteiger partial charge >= 0.3 is 0 Å². The van der Waals surface area contributed by atoms with E-state index in [4.69, 9.17) is 0 Å². The third-order valence-electron chi connectivity index (χ3n) is 2.68. The van der Waals surface area contributed by atoms with E-state index in [1.165, 1.54) is 22.0 Å². The van der Waals surface area contributed by atoms with Gasteiger partial charge in [0.15, 0.2) is 0 Å². The Bertz CT molecular complexity index is 508. The van der Waals surface area contributed by atoms with Crippen LogP contribution in [0, 0.1) is 0 Å². The Labute approximate surface area is 96.6 Å². The van der Waals surface area contributed by atoms with Gasteiger partial charge in [-0.1, -0.05) is 30.4 Å². The van der Waals surface area contributed by atoms with Crippen LogP contribution in [0.1, 0.15) is 12.5 Å². The number of hydrogen-bond donors (Lipinski definition) is 1. The van der Waals surface area contributed by atoms with Gasteiger partial charge in [-0.25, -0.2) is 0 Å². The first-order chi connectivity index (χ1) is 7.72. The van der Waals surface area contributed by atoms with Crippen molar-refractivity contribution in [2.45, 2.75) is 20.0 Å². The van der Waals surface area contributed by atoms with Gasteiger partial charge in [0, 0.05) is 30.2 Å². The van der Waals surface area contributed by atoms with Gasteiger partial charge in [-0.3, -0.25) is 0 Å². The molecule has 1 N–H and O–H groups in total. The molecule has 0 fully saturated rings.